The van der Waals surface area contributed by atoms with Gasteiger partial charge in [-0.1, -0.05) is 13.0 Å². The third kappa shape index (κ3) is 3.53. The van der Waals surface area contributed by atoms with Crippen molar-refractivity contribution in [2.24, 2.45) is 5.73 Å². The molecule has 0 aliphatic heterocycles. The first kappa shape index (κ1) is 15.4. The Bertz CT molecular complexity index is 571. The lowest BCUT2D eigenvalue weighted by molar-refractivity contribution is 0.208. The summed E-state index contributed by atoms with van der Waals surface area (Å²) in [6.45, 7) is 2.53. The summed E-state index contributed by atoms with van der Waals surface area (Å²) >= 11 is 5.08. The van der Waals surface area contributed by atoms with Crippen molar-refractivity contribution in [2.75, 3.05) is 13.7 Å². The second-order valence-electron chi connectivity index (χ2n) is 4.35. The van der Waals surface area contributed by atoms with E-state index in [0.717, 1.165) is 27.3 Å². The van der Waals surface area contributed by atoms with Crippen LogP contribution in [-0.4, -0.2) is 13.7 Å². The van der Waals surface area contributed by atoms with Crippen LogP contribution < -0.4 is 15.2 Å². The van der Waals surface area contributed by atoms with E-state index in [1.807, 2.05) is 23.6 Å². The van der Waals surface area contributed by atoms with Crippen LogP contribution in [0.5, 0.6) is 11.5 Å². The van der Waals surface area contributed by atoms with Crippen molar-refractivity contribution in [3.05, 3.63) is 44.6 Å². The Morgan fingerprint density at radius 3 is 2.65 bits per heavy atom. The molecule has 1 atom stereocenters. The van der Waals surface area contributed by atoms with Crippen molar-refractivity contribution in [1.82, 2.24) is 0 Å². The van der Waals surface area contributed by atoms with E-state index in [1.165, 1.54) is 5.56 Å². The molecule has 1 aromatic heterocycles. The maximum atomic E-state index is 6.02. The van der Waals surface area contributed by atoms with Crippen LogP contribution in [0.4, 0.5) is 0 Å². The zero-order valence-corrected chi connectivity index (χ0v) is 14.0. The van der Waals surface area contributed by atoms with Gasteiger partial charge in [0.25, 0.3) is 0 Å². The summed E-state index contributed by atoms with van der Waals surface area (Å²) in [4.78, 5) is 1.10. The van der Waals surface area contributed by atoms with Crippen LogP contribution in [-0.2, 0) is 6.42 Å². The molecule has 5 heteroatoms. The molecule has 1 heterocycles. The molecule has 1 aromatic carbocycles. The fraction of sp³-hybridized carbons (Fsp3) is 0.333. The molecule has 108 valence electrons. The topological polar surface area (TPSA) is 44.5 Å². The number of rotatable bonds is 6. The van der Waals surface area contributed by atoms with E-state index >= 15 is 0 Å². The molecule has 2 rings (SSSR count). The van der Waals surface area contributed by atoms with Gasteiger partial charge in [-0.05, 0) is 46.1 Å². The highest BCUT2D eigenvalue weighted by atomic mass is 79.9. The lowest BCUT2D eigenvalue weighted by Crippen LogP contribution is -2.17. The van der Waals surface area contributed by atoms with E-state index in [0.29, 0.717) is 6.54 Å². The zero-order chi connectivity index (χ0) is 14.5. The number of hydrogen-bond acceptors (Lipinski definition) is 4. The predicted molar refractivity (Wildman–Crippen MR) is 86.8 cm³/mol. The largest absolute Gasteiger partial charge is 0.493 e. The molecule has 0 radical (unpaired) electrons. The third-order valence-corrected chi connectivity index (χ3v) is 4.81. The maximum Gasteiger partial charge on any atom is 0.162 e. The molecule has 0 spiro atoms. The molecular weight excluding hydrogens is 338 g/mol. The summed E-state index contributed by atoms with van der Waals surface area (Å²) in [5.74, 6) is 1.48. The van der Waals surface area contributed by atoms with E-state index < -0.39 is 0 Å². The Hall–Kier alpha value is -1.04. The Morgan fingerprint density at radius 2 is 2.10 bits per heavy atom. The van der Waals surface area contributed by atoms with Gasteiger partial charge in [0.1, 0.15) is 6.10 Å². The van der Waals surface area contributed by atoms with Crippen LogP contribution in [0.1, 0.15) is 23.5 Å². The zero-order valence-electron chi connectivity index (χ0n) is 11.6. The van der Waals surface area contributed by atoms with Gasteiger partial charge in [0, 0.05) is 21.3 Å². The summed E-state index contributed by atoms with van der Waals surface area (Å²) in [6.07, 6.45) is 0.808. The number of thiophene rings is 1. The molecule has 0 saturated heterocycles. The van der Waals surface area contributed by atoms with Crippen LogP contribution in [0.25, 0.3) is 0 Å². The van der Waals surface area contributed by atoms with Crippen molar-refractivity contribution in [1.29, 1.82) is 0 Å². The van der Waals surface area contributed by atoms with Crippen LogP contribution in [0, 0.1) is 0 Å². The molecule has 0 bridgehead atoms. The quantitative estimate of drug-likeness (QED) is 0.845. The molecule has 0 aliphatic carbocycles. The van der Waals surface area contributed by atoms with Gasteiger partial charge in [0.2, 0.25) is 0 Å². The van der Waals surface area contributed by atoms with Gasteiger partial charge >= 0.3 is 0 Å². The first-order valence-corrected chi connectivity index (χ1v) is 8.12. The fourth-order valence-electron chi connectivity index (χ4n) is 1.90. The van der Waals surface area contributed by atoms with Crippen LogP contribution in [0.15, 0.2) is 34.1 Å². The Morgan fingerprint density at radius 1 is 1.30 bits per heavy atom. The lowest BCUT2D eigenvalue weighted by Gasteiger charge is -2.18. The number of benzene rings is 1. The summed E-state index contributed by atoms with van der Waals surface area (Å²) in [7, 11) is 1.65. The monoisotopic (exact) mass is 355 g/mol. The minimum absolute atomic E-state index is 0.160. The first-order chi connectivity index (χ1) is 9.67. The third-order valence-electron chi connectivity index (χ3n) is 3.02. The molecule has 0 aliphatic rings. The van der Waals surface area contributed by atoms with E-state index in [9.17, 15) is 0 Å². The molecule has 20 heavy (non-hydrogen) atoms. The Kier molecular flexibility index (Phi) is 5.46. The van der Waals surface area contributed by atoms with Crippen molar-refractivity contribution < 1.29 is 9.47 Å². The first-order valence-electron chi connectivity index (χ1n) is 6.45. The second kappa shape index (κ2) is 7.11. The SMILES string of the molecule is CCc1ccc(OC(CN)c2cc(Br)cs2)c(OC)c1. The van der Waals surface area contributed by atoms with Gasteiger partial charge in [-0.2, -0.15) is 0 Å². The van der Waals surface area contributed by atoms with Gasteiger partial charge in [-0.25, -0.2) is 0 Å². The van der Waals surface area contributed by atoms with Crippen LogP contribution >= 0.6 is 27.3 Å². The van der Waals surface area contributed by atoms with Crippen molar-refractivity contribution in [2.45, 2.75) is 19.4 Å². The number of hydrogen-bond donors (Lipinski definition) is 1. The molecule has 2 N–H and O–H groups in total. The van der Waals surface area contributed by atoms with Crippen LogP contribution in [0.2, 0.25) is 0 Å². The summed E-state index contributed by atoms with van der Waals surface area (Å²) < 4.78 is 12.5. The van der Waals surface area contributed by atoms with Crippen molar-refractivity contribution in [3.63, 3.8) is 0 Å². The van der Waals surface area contributed by atoms with Gasteiger partial charge < -0.3 is 15.2 Å². The highest BCUT2D eigenvalue weighted by Gasteiger charge is 2.16. The molecule has 1 unspecified atom stereocenters. The van der Waals surface area contributed by atoms with Crippen molar-refractivity contribution >= 4 is 27.3 Å². The van der Waals surface area contributed by atoms with E-state index in [-0.39, 0.29) is 6.10 Å². The average Bonchev–Trinajstić information content (AvgIpc) is 2.91. The molecule has 0 fully saturated rings. The minimum atomic E-state index is -0.160. The minimum Gasteiger partial charge on any atom is -0.493 e. The highest BCUT2D eigenvalue weighted by molar-refractivity contribution is 9.10. The molecule has 0 saturated carbocycles. The number of methoxy groups -OCH3 is 1. The standard InChI is InChI=1S/C15H18BrNO2S/c1-3-10-4-5-12(13(6-10)18-2)19-14(8-17)15-7-11(16)9-20-15/h4-7,9,14H,3,8,17H2,1-2H3. The Balaban J connectivity index is 2.23. The Labute approximate surface area is 131 Å². The van der Waals surface area contributed by atoms with E-state index in [1.54, 1.807) is 18.4 Å². The maximum absolute atomic E-state index is 6.02. The number of nitrogens with two attached hydrogens (primary N) is 1. The molecular formula is C15H18BrNO2S. The van der Waals surface area contributed by atoms with E-state index in [2.05, 4.69) is 28.9 Å². The molecule has 2 aromatic rings. The number of halogens is 1. The van der Waals surface area contributed by atoms with Crippen molar-refractivity contribution in [3.8, 4) is 11.5 Å². The molecule has 3 nitrogen and oxygen atoms in total. The van der Waals surface area contributed by atoms with Gasteiger partial charge in [-0.15, -0.1) is 11.3 Å². The second-order valence-corrected chi connectivity index (χ2v) is 6.21. The smallest absolute Gasteiger partial charge is 0.162 e. The number of aryl methyl sites for hydroxylation is 1. The number of ether oxygens (including phenoxy) is 2. The molecule has 0 amide bonds. The van der Waals surface area contributed by atoms with Gasteiger partial charge in [0.15, 0.2) is 11.5 Å². The predicted octanol–water partition coefficient (Wildman–Crippen LogP) is 4.16. The van der Waals surface area contributed by atoms with Gasteiger partial charge in [0.05, 0.1) is 7.11 Å². The lowest BCUT2D eigenvalue weighted by atomic mass is 10.1. The highest BCUT2D eigenvalue weighted by Crippen LogP contribution is 2.34. The normalized spacial score (nSPS) is 12.2. The fourth-order valence-corrected chi connectivity index (χ4v) is 3.39. The average molecular weight is 356 g/mol. The summed E-state index contributed by atoms with van der Waals surface area (Å²) in [6, 6.07) is 8.04. The van der Waals surface area contributed by atoms with Gasteiger partial charge in [-0.3, -0.25) is 0 Å². The summed E-state index contributed by atoms with van der Waals surface area (Å²) in [5.41, 5.74) is 7.05. The summed E-state index contributed by atoms with van der Waals surface area (Å²) in [5, 5.41) is 2.03. The van der Waals surface area contributed by atoms with E-state index in [4.69, 9.17) is 15.2 Å². The van der Waals surface area contributed by atoms with Crippen LogP contribution in [0.3, 0.4) is 0 Å².